The van der Waals surface area contributed by atoms with Crippen LogP contribution in [0.5, 0.6) is 17.2 Å². The number of carbonyl (C=O) groups is 5. The van der Waals surface area contributed by atoms with Gasteiger partial charge in [0.25, 0.3) is 0 Å². The van der Waals surface area contributed by atoms with E-state index < -0.39 is 29.1 Å². The van der Waals surface area contributed by atoms with Crippen molar-refractivity contribution in [3.8, 4) is 17.2 Å². The Morgan fingerprint density at radius 2 is 1.63 bits per heavy atom. The van der Waals surface area contributed by atoms with Crippen molar-refractivity contribution < 1.29 is 52.4 Å². The minimum atomic E-state index is -1.11. The second kappa shape index (κ2) is 14.7. The van der Waals surface area contributed by atoms with Gasteiger partial charge in [-0.15, -0.1) is 11.3 Å². The Morgan fingerprint density at radius 3 is 2.26 bits per heavy atom. The molecule has 0 unspecified atom stereocenters. The number of amides is 1. The number of hydrogen-bond acceptors (Lipinski definition) is 10. The Morgan fingerprint density at radius 1 is 0.957 bits per heavy atom. The van der Waals surface area contributed by atoms with Crippen LogP contribution in [0.1, 0.15) is 84.0 Å². The standard InChI is InChI=1S/C33H36FNO10S/c1-33(2,3)45-30(41)9-7-28(38)35-16-19-12-24(42-4)25(13-20(19)17-35)43-10-5-11-44-32-21(18-36)14-26-22(31(32)34)15-27(46-26)23(37)6-8-29(39)40/h12-15,18H,5-11,16-17H2,1-4H3,(H,39,40). The van der Waals surface area contributed by atoms with Crippen molar-refractivity contribution in [2.24, 2.45) is 0 Å². The predicted molar refractivity (Wildman–Crippen MR) is 166 cm³/mol. The molecule has 2 heterocycles. The molecule has 0 spiro atoms. The first-order chi connectivity index (χ1) is 21.8. The number of carboxylic acid groups (broad SMARTS) is 1. The van der Waals surface area contributed by atoms with Crippen LogP contribution in [-0.4, -0.2) is 65.8 Å². The molecule has 1 aliphatic rings. The molecule has 0 bridgehead atoms. The number of carbonyl (C=O) groups excluding carboxylic acids is 4. The van der Waals surface area contributed by atoms with Crippen molar-refractivity contribution in [2.75, 3.05) is 20.3 Å². The number of hydrogen-bond donors (Lipinski definition) is 1. The van der Waals surface area contributed by atoms with Crippen LogP contribution < -0.4 is 14.2 Å². The summed E-state index contributed by atoms with van der Waals surface area (Å²) in [6.07, 6.45) is 0.292. The average Bonchev–Trinajstić information content (AvgIpc) is 3.62. The molecule has 13 heteroatoms. The number of aliphatic carboxylic acids is 1. The lowest BCUT2D eigenvalue weighted by Gasteiger charge is -2.20. The Balaban J connectivity index is 1.33. The monoisotopic (exact) mass is 657 g/mol. The van der Waals surface area contributed by atoms with Gasteiger partial charge in [0.1, 0.15) is 5.60 Å². The Hall–Kier alpha value is -4.52. The van der Waals surface area contributed by atoms with E-state index in [0.29, 0.717) is 42.0 Å². The number of fused-ring (bicyclic) bond motifs is 2. The molecule has 0 saturated carbocycles. The Bertz CT molecular complexity index is 1660. The summed E-state index contributed by atoms with van der Waals surface area (Å²) in [7, 11) is 1.51. The molecule has 3 aromatic rings. The van der Waals surface area contributed by atoms with E-state index in [4.69, 9.17) is 24.1 Å². The first-order valence-corrected chi connectivity index (χ1v) is 15.5. The lowest BCUT2D eigenvalue weighted by molar-refractivity contribution is -0.156. The van der Waals surface area contributed by atoms with E-state index in [-0.39, 0.29) is 66.4 Å². The molecule has 4 rings (SSSR count). The molecule has 0 atom stereocenters. The van der Waals surface area contributed by atoms with Crippen LogP contribution in [0.3, 0.4) is 0 Å². The number of ether oxygens (including phenoxy) is 4. The molecule has 1 aromatic heterocycles. The maximum absolute atomic E-state index is 15.4. The number of halogens is 1. The van der Waals surface area contributed by atoms with E-state index in [9.17, 15) is 24.0 Å². The van der Waals surface area contributed by atoms with E-state index >= 15 is 4.39 Å². The fraction of sp³-hybridized carbons (Fsp3) is 0.424. The number of Topliss-reactive ketones (excluding diaryl/α,β-unsaturated/α-hetero) is 1. The Labute approximate surface area is 269 Å². The van der Waals surface area contributed by atoms with Crippen LogP contribution in [0.25, 0.3) is 10.1 Å². The fourth-order valence-electron chi connectivity index (χ4n) is 4.88. The zero-order chi connectivity index (χ0) is 33.6. The summed E-state index contributed by atoms with van der Waals surface area (Å²) in [6.45, 7) is 6.25. The van der Waals surface area contributed by atoms with Crippen molar-refractivity contribution in [2.45, 2.75) is 71.6 Å². The number of carboxylic acids is 1. The molecule has 2 aromatic carbocycles. The summed E-state index contributed by atoms with van der Waals surface area (Å²) in [5.41, 5.74) is 1.17. The highest BCUT2D eigenvalue weighted by atomic mass is 32.1. The maximum Gasteiger partial charge on any atom is 0.306 e. The lowest BCUT2D eigenvalue weighted by atomic mass is 10.1. The molecule has 11 nitrogen and oxygen atoms in total. The first kappa shape index (κ1) is 34.4. The van der Waals surface area contributed by atoms with Gasteiger partial charge >= 0.3 is 11.9 Å². The SMILES string of the molecule is COc1cc2c(cc1OCCCOc1c(C=O)cc3sc(C(=O)CCC(=O)O)cc3c1F)CN(C(=O)CCC(=O)OC(C)(C)C)C2. The van der Waals surface area contributed by atoms with Crippen LogP contribution in [0.2, 0.25) is 0 Å². The van der Waals surface area contributed by atoms with Crippen molar-refractivity contribution in [3.63, 3.8) is 0 Å². The number of esters is 1. The molecule has 0 aliphatic carbocycles. The summed E-state index contributed by atoms with van der Waals surface area (Å²) in [5, 5.41) is 8.94. The second-order valence-electron chi connectivity index (χ2n) is 11.7. The quantitative estimate of drug-likeness (QED) is 0.0932. The zero-order valence-electron chi connectivity index (χ0n) is 26.1. The van der Waals surface area contributed by atoms with Crippen molar-refractivity contribution in [1.82, 2.24) is 4.90 Å². The highest BCUT2D eigenvalue weighted by molar-refractivity contribution is 7.20. The third kappa shape index (κ3) is 8.59. The van der Waals surface area contributed by atoms with Crippen LogP contribution in [0.15, 0.2) is 24.3 Å². The summed E-state index contributed by atoms with van der Waals surface area (Å²) in [6, 6.07) is 6.40. The van der Waals surface area contributed by atoms with E-state index in [1.54, 1.807) is 31.7 Å². The van der Waals surface area contributed by atoms with Gasteiger partial charge in [-0.2, -0.15) is 0 Å². The van der Waals surface area contributed by atoms with Gasteiger partial charge in [0, 0.05) is 42.4 Å². The molecular formula is C33H36FNO10S. The number of ketones is 1. The molecule has 0 fully saturated rings. The van der Waals surface area contributed by atoms with Crippen LogP contribution in [0, 0.1) is 5.82 Å². The van der Waals surface area contributed by atoms with E-state index in [0.717, 1.165) is 22.5 Å². The van der Waals surface area contributed by atoms with Crippen molar-refractivity contribution >= 4 is 51.3 Å². The highest BCUT2D eigenvalue weighted by Gasteiger charge is 2.27. The van der Waals surface area contributed by atoms with Gasteiger partial charge in [-0.1, -0.05) is 0 Å². The molecule has 0 saturated heterocycles. The smallest absolute Gasteiger partial charge is 0.306 e. The molecule has 1 aliphatic heterocycles. The van der Waals surface area contributed by atoms with Gasteiger partial charge in [-0.05, 0) is 56.2 Å². The molecule has 1 N–H and O–H groups in total. The van der Waals surface area contributed by atoms with Crippen molar-refractivity contribution in [1.29, 1.82) is 0 Å². The highest BCUT2D eigenvalue weighted by Crippen LogP contribution is 2.37. The molecule has 1 amide bonds. The Kier molecular flexibility index (Phi) is 11.0. The lowest BCUT2D eigenvalue weighted by Crippen LogP contribution is -2.28. The van der Waals surface area contributed by atoms with Gasteiger partial charge in [0.05, 0.1) is 43.6 Å². The summed E-state index contributed by atoms with van der Waals surface area (Å²) >= 11 is 0.988. The average molecular weight is 658 g/mol. The molecule has 46 heavy (non-hydrogen) atoms. The second-order valence-corrected chi connectivity index (χ2v) is 12.8. The number of thiophene rings is 1. The number of nitrogens with zero attached hydrogens (tertiary/aromatic N) is 1. The van der Waals surface area contributed by atoms with Crippen LogP contribution in [-0.2, 0) is 32.2 Å². The number of benzene rings is 2. The number of aldehydes is 1. The largest absolute Gasteiger partial charge is 0.493 e. The molecular weight excluding hydrogens is 621 g/mol. The first-order valence-electron chi connectivity index (χ1n) is 14.7. The van der Waals surface area contributed by atoms with Crippen LogP contribution in [0.4, 0.5) is 4.39 Å². The normalized spacial score (nSPS) is 12.5. The summed E-state index contributed by atoms with van der Waals surface area (Å²) in [4.78, 5) is 61.5. The van der Waals surface area contributed by atoms with Gasteiger partial charge < -0.3 is 29.0 Å². The minimum absolute atomic E-state index is 0.00261. The van der Waals surface area contributed by atoms with E-state index in [1.807, 2.05) is 6.07 Å². The fourth-order valence-corrected chi connectivity index (χ4v) is 5.96. The summed E-state index contributed by atoms with van der Waals surface area (Å²) < 4.78 is 38.1. The van der Waals surface area contributed by atoms with E-state index in [1.165, 1.54) is 19.2 Å². The number of methoxy groups -OCH3 is 1. The minimum Gasteiger partial charge on any atom is -0.493 e. The van der Waals surface area contributed by atoms with Gasteiger partial charge in [0.2, 0.25) is 5.91 Å². The van der Waals surface area contributed by atoms with Crippen molar-refractivity contribution in [3.05, 3.63) is 51.7 Å². The number of rotatable bonds is 15. The van der Waals surface area contributed by atoms with Gasteiger partial charge in [-0.3, -0.25) is 24.0 Å². The van der Waals surface area contributed by atoms with E-state index in [2.05, 4.69) is 0 Å². The van der Waals surface area contributed by atoms with Gasteiger partial charge in [-0.25, -0.2) is 4.39 Å². The van der Waals surface area contributed by atoms with Gasteiger partial charge in [0.15, 0.2) is 35.1 Å². The topological polar surface area (TPSA) is 146 Å². The predicted octanol–water partition coefficient (Wildman–Crippen LogP) is 5.72. The summed E-state index contributed by atoms with van der Waals surface area (Å²) in [5.74, 6) is -2.19. The maximum atomic E-state index is 15.4. The molecule has 0 radical (unpaired) electrons. The zero-order valence-corrected chi connectivity index (χ0v) is 26.9. The van der Waals surface area contributed by atoms with Crippen LogP contribution >= 0.6 is 11.3 Å². The molecule has 246 valence electrons. The third-order valence-electron chi connectivity index (χ3n) is 7.03. The third-order valence-corrected chi connectivity index (χ3v) is 8.15.